The number of fused-ring (bicyclic) bond motifs is 1. The molecule has 2 rings (SSSR count). The van der Waals surface area contributed by atoms with Crippen LogP contribution in [0.2, 0.25) is 0 Å². The van der Waals surface area contributed by atoms with Crippen molar-refractivity contribution in [1.82, 2.24) is 9.78 Å². The Bertz CT molecular complexity index is 304. The average Bonchev–Trinajstić information content (AvgIpc) is 2.53. The molecule has 0 aliphatic heterocycles. The molecule has 0 aromatic carbocycles. The summed E-state index contributed by atoms with van der Waals surface area (Å²) in [6, 6.07) is 0. The van der Waals surface area contributed by atoms with Crippen molar-refractivity contribution >= 4 is 0 Å². The second-order valence-electron chi connectivity index (χ2n) is 3.09. The van der Waals surface area contributed by atoms with Crippen LogP contribution in [-0.2, 0) is 19.9 Å². The predicted molar refractivity (Wildman–Crippen MR) is 40.2 cm³/mol. The van der Waals surface area contributed by atoms with Crippen molar-refractivity contribution < 1.29 is 8.78 Å². The van der Waals surface area contributed by atoms with Crippen LogP contribution in [0.25, 0.3) is 0 Å². The summed E-state index contributed by atoms with van der Waals surface area (Å²) in [7, 11) is 1.73. The molecule has 1 heterocycles. The van der Waals surface area contributed by atoms with Crippen molar-refractivity contribution in [2.24, 2.45) is 7.05 Å². The molecule has 1 aromatic rings. The Morgan fingerprint density at radius 3 is 2.83 bits per heavy atom. The van der Waals surface area contributed by atoms with Crippen molar-refractivity contribution in [3.8, 4) is 0 Å². The lowest BCUT2D eigenvalue weighted by Crippen LogP contribution is -1.97. The van der Waals surface area contributed by atoms with Crippen LogP contribution in [0.1, 0.15) is 29.8 Å². The molecule has 1 aromatic heterocycles. The zero-order valence-corrected chi connectivity index (χ0v) is 6.85. The van der Waals surface area contributed by atoms with E-state index in [0.29, 0.717) is 0 Å². The van der Waals surface area contributed by atoms with Gasteiger partial charge in [0.05, 0.1) is 0 Å². The van der Waals surface area contributed by atoms with Gasteiger partial charge in [0.25, 0.3) is 6.43 Å². The summed E-state index contributed by atoms with van der Waals surface area (Å²) < 4.78 is 26.3. The molecule has 0 N–H and O–H groups in total. The molecule has 0 radical (unpaired) electrons. The van der Waals surface area contributed by atoms with Crippen LogP contribution in [0.4, 0.5) is 8.78 Å². The van der Waals surface area contributed by atoms with Crippen molar-refractivity contribution in [3.05, 3.63) is 17.0 Å². The van der Waals surface area contributed by atoms with Crippen LogP contribution in [0, 0.1) is 0 Å². The predicted octanol–water partition coefficient (Wildman–Crippen LogP) is 1.85. The first-order valence-electron chi connectivity index (χ1n) is 4.03. The van der Waals surface area contributed by atoms with Gasteiger partial charge in [0.2, 0.25) is 0 Å². The zero-order chi connectivity index (χ0) is 8.72. The normalized spacial score (nSPS) is 15.7. The molecule has 0 amide bonds. The summed E-state index contributed by atoms with van der Waals surface area (Å²) in [6.45, 7) is 0. The first kappa shape index (κ1) is 7.71. The fourth-order valence-corrected chi connectivity index (χ4v) is 1.82. The smallest absolute Gasteiger partial charge is 0.272 e. The first-order valence-corrected chi connectivity index (χ1v) is 4.03. The van der Waals surface area contributed by atoms with Crippen LogP contribution in [0.15, 0.2) is 0 Å². The van der Waals surface area contributed by atoms with E-state index in [1.165, 1.54) is 0 Å². The summed E-state index contributed by atoms with van der Waals surface area (Å²) in [6.07, 6.45) is 0.229. The van der Waals surface area contributed by atoms with Gasteiger partial charge in [-0.25, -0.2) is 8.78 Å². The van der Waals surface area contributed by atoms with E-state index in [-0.39, 0.29) is 5.69 Å². The number of hydrogen-bond donors (Lipinski definition) is 0. The van der Waals surface area contributed by atoms with Gasteiger partial charge >= 0.3 is 0 Å². The molecule has 0 bridgehead atoms. The largest absolute Gasteiger partial charge is 0.282 e. The number of nitrogens with zero attached hydrogens (tertiary/aromatic N) is 2. The molecular weight excluding hydrogens is 162 g/mol. The Kier molecular flexibility index (Phi) is 1.63. The van der Waals surface area contributed by atoms with Gasteiger partial charge in [-0.3, -0.25) is 4.68 Å². The Morgan fingerprint density at radius 1 is 1.42 bits per heavy atom. The maximum absolute atomic E-state index is 12.4. The molecule has 0 saturated heterocycles. The molecule has 1 aliphatic carbocycles. The first-order chi connectivity index (χ1) is 5.70. The highest BCUT2D eigenvalue weighted by molar-refractivity contribution is 5.31. The molecule has 0 atom stereocenters. The summed E-state index contributed by atoms with van der Waals surface area (Å²) in [4.78, 5) is 0. The Balaban J connectivity index is 2.51. The zero-order valence-electron chi connectivity index (χ0n) is 6.85. The van der Waals surface area contributed by atoms with Gasteiger partial charge in [0.15, 0.2) is 0 Å². The highest BCUT2D eigenvalue weighted by atomic mass is 19.3. The minimum absolute atomic E-state index is 0.00926. The van der Waals surface area contributed by atoms with Gasteiger partial charge in [-0.05, 0) is 19.3 Å². The number of hydrogen-bond acceptors (Lipinski definition) is 1. The number of aromatic nitrogens is 2. The van der Waals surface area contributed by atoms with Crippen molar-refractivity contribution in [2.75, 3.05) is 0 Å². The van der Waals surface area contributed by atoms with Gasteiger partial charge in [-0.15, -0.1) is 0 Å². The minimum atomic E-state index is -2.42. The number of aryl methyl sites for hydroxylation is 1. The van der Waals surface area contributed by atoms with Gasteiger partial charge in [-0.2, -0.15) is 5.10 Å². The third kappa shape index (κ3) is 0.940. The van der Waals surface area contributed by atoms with Gasteiger partial charge in [-0.1, -0.05) is 0 Å². The van der Waals surface area contributed by atoms with E-state index in [2.05, 4.69) is 5.10 Å². The van der Waals surface area contributed by atoms with Crippen molar-refractivity contribution in [2.45, 2.75) is 25.7 Å². The molecule has 12 heavy (non-hydrogen) atoms. The summed E-state index contributed by atoms with van der Waals surface area (Å²) >= 11 is 0. The van der Waals surface area contributed by atoms with E-state index in [9.17, 15) is 8.78 Å². The Morgan fingerprint density at radius 2 is 2.17 bits per heavy atom. The molecule has 1 aliphatic rings. The minimum Gasteiger partial charge on any atom is -0.272 e. The Labute approximate surface area is 69.2 Å². The molecule has 0 unspecified atom stereocenters. The molecular formula is C8H10F2N2. The molecule has 4 heteroatoms. The summed E-state index contributed by atoms with van der Waals surface area (Å²) in [5.41, 5.74) is 1.77. The van der Waals surface area contributed by atoms with E-state index >= 15 is 0 Å². The van der Waals surface area contributed by atoms with Gasteiger partial charge in [0.1, 0.15) is 5.69 Å². The van der Waals surface area contributed by atoms with Gasteiger partial charge < -0.3 is 0 Å². The van der Waals surface area contributed by atoms with E-state index in [0.717, 1.165) is 30.5 Å². The van der Waals surface area contributed by atoms with Crippen LogP contribution < -0.4 is 0 Å². The highest BCUT2D eigenvalue weighted by Gasteiger charge is 2.25. The molecule has 66 valence electrons. The van der Waals surface area contributed by atoms with E-state index < -0.39 is 6.43 Å². The molecule has 2 nitrogen and oxygen atoms in total. The molecule has 0 fully saturated rings. The monoisotopic (exact) mass is 172 g/mol. The topological polar surface area (TPSA) is 17.8 Å². The summed E-state index contributed by atoms with van der Waals surface area (Å²) in [5.74, 6) is 0. The van der Waals surface area contributed by atoms with E-state index in [1.807, 2.05) is 0 Å². The quantitative estimate of drug-likeness (QED) is 0.632. The van der Waals surface area contributed by atoms with E-state index in [4.69, 9.17) is 0 Å². The second-order valence-corrected chi connectivity index (χ2v) is 3.09. The van der Waals surface area contributed by atoms with Gasteiger partial charge in [0, 0.05) is 18.3 Å². The maximum atomic E-state index is 12.4. The van der Waals surface area contributed by atoms with E-state index in [1.54, 1.807) is 11.7 Å². The van der Waals surface area contributed by atoms with Crippen LogP contribution in [0.5, 0.6) is 0 Å². The maximum Gasteiger partial charge on any atom is 0.282 e. The third-order valence-electron chi connectivity index (χ3n) is 2.35. The second kappa shape index (κ2) is 2.54. The molecule has 0 saturated carbocycles. The van der Waals surface area contributed by atoms with Crippen LogP contribution in [0.3, 0.4) is 0 Å². The summed E-state index contributed by atoms with van der Waals surface area (Å²) in [5, 5.41) is 3.80. The van der Waals surface area contributed by atoms with Crippen LogP contribution >= 0.6 is 0 Å². The van der Waals surface area contributed by atoms with Crippen LogP contribution in [-0.4, -0.2) is 9.78 Å². The fraction of sp³-hybridized carbons (Fsp3) is 0.625. The molecule has 0 spiro atoms. The number of halogens is 2. The van der Waals surface area contributed by atoms with Crippen molar-refractivity contribution in [3.63, 3.8) is 0 Å². The Hall–Kier alpha value is -0.930. The fourth-order valence-electron chi connectivity index (χ4n) is 1.82. The standard InChI is InChI=1S/C8H10F2N2/c1-12-6-4-2-3-5(6)7(11-12)8(9)10/h8H,2-4H2,1H3. The SMILES string of the molecule is Cn1nc(C(F)F)c2c1CCC2. The number of rotatable bonds is 1. The third-order valence-corrected chi connectivity index (χ3v) is 2.35. The lowest BCUT2D eigenvalue weighted by Gasteiger charge is -1.95. The lowest BCUT2D eigenvalue weighted by molar-refractivity contribution is 0.144. The average molecular weight is 172 g/mol. The highest BCUT2D eigenvalue weighted by Crippen LogP contribution is 2.30. The number of alkyl halides is 2. The van der Waals surface area contributed by atoms with Crippen molar-refractivity contribution in [1.29, 1.82) is 0 Å². The lowest BCUT2D eigenvalue weighted by atomic mass is 10.2.